The highest BCUT2D eigenvalue weighted by Gasteiger charge is 2.41. The predicted octanol–water partition coefficient (Wildman–Crippen LogP) is 3.29. The molecule has 0 spiro atoms. The van der Waals surface area contributed by atoms with Crippen LogP contribution in [0.4, 0.5) is 5.69 Å². The number of hydrogen-bond donors (Lipinski definition) is 0. The number of likely N-dealkylation sites (tertiary alicyclic amines) is 1. The third-order valence-electron chi connectivity index (χ3n) is 5.20. The van der Waals surface area contributed by atoms with Crippen LogP contribution in [0.3, 0.4) is 0 Å². The Balaban J connectivity index is 1.74. The Hall–Kier alpha value is -1.30. The molecule has 2 fully saturated rings. The minimum absolute atomic E-state index is 0.0240. The molecular formula is C19H25Cl2N3O2. The van der Waals surface area contributed by atoms with Crippen molar-refractivity contribution in [3.8, 4) is 0 Å². The molecule has 0 N–H and O–H groups in total. The summed E-state index contributed by atoms with van der Waals surface area (Å²) < 4.78 is 0. The molecule has 3 rings (SSSR count). The number of hydrogen-bond acceptors (Lipinski definition) is 3. The highest BCUT2D eigenvalue weighted by molar-refractivity contribution is 6.42. The third kappa shape index (κ3) is 4.00. The van der Waals surface area contributed by atoms with E-state index in [1.54, 1.807) is 23.1 Å². The summed E-state index contributed by atoms with van der Waals surface area (Å²) in [7, 11) is 4.04. The lowest BCUT2D eigenvalue weighted by molar-refractivity contribution is -0.143. The first kappa shape index (κ1) is 19.5. The average Bonchev–Trinajstić information content (AvgIpc) is 2.98. The van der Waals surface area contributed by atoms with Gasteiger partial charge < -0.3 is 14.7 Å². The van der Waals surface area contributed by atoms with Gasteiger partial charge in [-0.2, -0.15) is 0 Å². The lowest BCUT2D eigenvalue weighted by Gasteiger charge is -2.38. The molecule has 2 aliphatic rings. The van der Waals surface area contributed by atoms with Crippen LogP contribution >= 0.6 is 23.2 Å². The van der Waals surface area contributed by atoms with E-state index in [0.29, 0.717) is 28.7 Å². The first-order chi connectivity index (χ1) is 12.4. The van der Waals surface area contributed by atoms with Crippen LogP contribution in [0.1, 0.15) is 25.7 Å². The number of amides is 2. The number of piperidine rings is 1. The van der Waals surface area contributed by atoms with Gasteiger partial charge in [-0.05, 0) is 58.0 Å². The maximum atomic E-state index is 13.1. The van der Waals surface area contributed by atoms with Crippen LogP contribution in [0.2, 0.25) is 10.0 Å². The molecule has 2 atom stereocenters. The topological polar surface area (TPSA) is 43.9 Å². The lowest BCUT2D eigenvalue weighted by Crippen LogP contribution is -2.51. The van der Waals surface area contributed by atoms with E-state index in [-0.39, 0.29) is 17.9 Å². The summed E-state index contributed by atoms with van der Waals surface area (Å²) >= 11 is 12.0. The molecule has 5 nitrogen and oxygen atoms in total. The van der Waals surface area contributed by atoms with Gasteiger partial charge in [0.2, 0.25) is 11.8 Å². The fourth-order valence-electron chi connectivity index (χ4n) is 3.92. The van der Waals surface area contributed by atoms with Crippen LogP contribution in [0.25, 0.3) is 0 Å². The largest absolute Gasteiger partial charge is 0.338 e. The minimum Gasteiger partial charge on any atom is -0.338 e. The zero-order valence-corrected chi connectivity index (χ0v) is 16.8. The van der Waals surface area contributed by atoms with Crippen molar-refractivity contribution in [1.29, 1.82) is 0 Å². The van der Waals surface area contributed by atoms with Crippen molar-refractivity contribution in [2.45, 2.75) is 31.7 Å². The number of nitrogens with zero attached hydrogens (tertiary/aromatic N) is 3. The number of anilines is 1. The number of rotatable bonds is 4. The molecule has 2 unspecified atom stereocenters. The monoisotopic (exact) mass is 397 g/mol. The van der Waals surface area contributed by atoms with Gasteiger partial charge in [0.1, 0.15) is 5.92 Å². The number of halogens is 2. The average molecular weight is 398 g/mol. The van der Waals surface area contributed by atoms with Gasteiger partial charge >= 0.3 is 0 Å². The molecule has 26 heavy (non-hydrogen) atoms. The Labute approximate surface area is 164 Å². The van der Waals surface area contributed by atoms with Gasteiger partial charge in [0.05, 0.1) is 10.0 Å². The molecule has 0 radical (unpaired) electrons. The SMILES string of the molecule is CN(C)CC1CCCCN1C(=O)C1CCN(c2ccc(Cl)c(Cl)c2)C1=O. The lowest BCUT2D eigenvalue weighted by atomic mass is 9.98. The highest BCUT2D eigenvalue weighted by Crippen LogP contribution is 2.32. The summed E-state index contributed by atoms with van der Waals surface area (Å²) in [6.07, 6.45) is 3.69. The molecule has 1 aromatic carbocycles. The second-order valence-corrected chi connectivity index (χ2v) is 8.19. The molecule has 0 bridgehead atoms. The first-order valence-electron chi connectivity index (χ1n) is 9.10. The van der Waals surface area contributed by atoms with Gasteiger partial charge in [0.25, 0.3) is 0 Å². The van der Waals surface area contributed by atoms with Crippen LogP contribution in [0.15, 0.2) is 18.2 Å². The molecule has 2 heterocycles. The fraction of sp³-hybridized carbons (Fsp3) is 0.579. The van der Waals surface area contributed by atoms with Crippen molar-refractivity contribution in [2.24, 2.45) is 5.92 Å². The minimum atomic E-state index is -0.591. The zero-order valence-electron chi connectivity index (χ0n) is 15.3. The van der Waals surface area contributed by atoms with E-state index in [9.17, 15) is 9.59 Å². The summed E-state index contributed by atoms with van der Waals surface area (Å²) in [5.41, 5.74) is 0.697. The fourth-order valence-corrected chi connectivity index (χ4v) is 4.21. The van der Waals surface area contributed by atoms with Crippen LogP contribution in [-0.4, -0.2) is 61.4 Å². The van der Waals surface area contributed by atoms with Gasteiger partial charge in [-0.3, -0.25) is 9.59 Å². The van der Waals surface area contributed by atoms with Gasteiger partial charge in [-0.15, -0.1) is 0 Å². The molecule has 2 saturated heterocycles. The number of carbonyl (C=O) groups is 2. The van der Waals surface area contributed by atoms with E-state index in [1.165, 1.54) is 0 Å². The van der Waals surface area contributed by atoms with Gasteiger partial charge in [0, 0.05) is 31.4 Å². The van der Waals surface area contributed by atoms with Gasteiger partial charge in [-0.1, -0.05) is 23.2 Å². The Kier molecular flexibility index (Phi) is 6.10. The predicted molar refractivity (Wildman–Crippen MR) is 105 cm³/mol. The molecule has 2 aliphatic heterocycles. The van der Waals surface area contributed by atoms with Crippen molar-refractivity contribution in [3.05, 3.63) is 28.2 Å². The summed E-state index contributed by atoms with van der Waals surface area (Å²) in [5.74, 6) is -0.751. The third-order valence-corrected chi connectivity index (χ3v) is 5.94. The Morgan fingerprint density at radius 3 is 2.62 bits per heavy atom. The molecule has 2 amide bonds. The molecule has 1 aromatic rings. The summed E-state index contributed by atoms with van der Waals surface area (Å²) in [6.45, 7) is 2.11. The van der Waals surface area contributed by atoms with E-state index in [1.807, 2.05) is 19.0 Å². The molecule has 0 saturated carbocycles. The Bertz CT molecular complexity index is 695. The smallest absolute Gasteiger partial charge is 0.239 e. The van der Waals surface area contributed by atoms with Crippen molar-refractivity contribution in [3.63, 3.8) is 0 Å². The maximum absolute atomic E-state index is 13.1. The summed E-state index contributed by atoms with van der Waals surface area (Å²) in [4.78, 5) is 31.7. The van der Waals surface area contributed by atoms with E-state index in [0.717, 1.165) is 32.4 Å². The number of benzene rings is 1. The second kappa shape index (κ2) is 8.15. The van der Waals surface area contributed by atoms with Crippen LogP contribution in [-0.2, 0) is 9.59 Å². The molecule has 7 heteroatoms. The van der Waals surface area contributed by atoms with E-state index in [2.05, 4.69) is 4.90 Å². The number of likely N-dealkylation sites (N-methyl/N-ethyl adjacent to an activating group) is 1. The summed E-state index contributed by atoms with van der Waals surface area (Å²) in [5, 5.41) is 0.864. The van der Waals surface area contributed by atoms with E-state index >= 15 is 0 Å². The van der Waals surface area contributed by atoms with Crippen molar-refractivity contribution in [1.82, 2.24) is 9.80 Å². The van der Waals surface area contributed by atoms with Crippen LogP contribution < -0.4 is 4.90 Å². The second-order valence-electron chi connectivity index (χ2n) is 7.37. The van der Waals surface area contributed by atoms with Crippen molar-refractivity contribution >= 4 is 40.7 Å². The zero-order chi connectivity index (χ0) is 18.8. The first-order valence-corrected chi connectivity index (χ1v) is 9.85. The van der Waals surface area contributed by atoms with Crippen molar-refractivity contribution in [2.75, 3.05) is 38.6 Å². The normalized spacial score (nSPS) is 23.8. The Morgan fingerprint density at radius 2 is 1.92 bits per heavy atom. The van der Waals surface area contributed by atoms with Crippen molar-refractivity contribution < 1.29 is 9.59 Å². The van der Waals surface area contributed by atoms with Gasteiger partial charge in [-0.25, -0.2) is 0 Å². The van der Waals surface area contributed by atoms with Crippen LogP contribution in [0, 0.1) is 5.92 Å². The summed E-state index contributed by atoms with van der Waals surface area (Å²) in [6, 6.07) is 5.33. The number of carbonyl (C=O) groups excluding carboxylic acids is 2. The standard InChI is InChI=1S/C19H25Cl2N3O2/c1-22(2)12-14-5-3-4-9-23(14)18(25)15-8-10-24(19(15)26)13-6-7-16(20)17(21)11-13/h6-7,11,14-15H,3-5,8-10,12H2,1-2H3. The van der Waals surface area contributed by atoms with E-state index in [4.69, 9.17) is 23.2 Å². The quantitative estimate of drug-likeness (QED) is 0.732. The molecular weight excluding hydrogens is 373 g/mol. The Morgan fingerprint density at radius 1 is 1.15 bits per heavy atom. The molecule has 0 aliphatic carbocycles. The highest BCUT2D eigenvalue weighted by atomic mass is 35.5. The molecule has 142 valence electrons. The molecule has 0 aromatic heterocycles. The van der Waals surface area contributed by atoms with E-state index < -0.39 is 5.92 Å². The maximum Gasteiger partial charge on any atom is 0.239 e. The van der Waals surface area contributed by atoms with Gasteiger partial charge in [0.15, 0.2) is 0 Å². The van der Waals surface area contributed by atoms with Crippen LogP contribution in [0.5, 0.6) is 0 Å².